The van der Waals surface area contributed by atoms with E-state index in [9.17, 15) is 9.32 Å². The predicted molar refractivity (Wildman–Crippen MR) is 85.7 cm³/mol. The number of aliphatic hydroxyl groups excluding tert-OH is 1. The SMILES string of the molecule is CCC(C)[C@@H](O)[C@@H](NS(=O)C(C)(C)C)c1ccccc1. The van der Waals surface area contributed by atoms with Gasteiger partial charge >= 0.3 is 0 Å². The Bertz CT molecular complexity index is 428. The summed E-state index contributed by atoms with van der Waals surface area (Å²) in [5.74, 6) is 0.143. The van der Waals surface area contributed by atoms with Crippen molar-refractivity contribution in [3.05, 3.63) is 35.9 Å². The van der Waals surface area contributed by atoms with Crippen LogP contribution in [0.5, 0.6) is 0 Å². The summed E-state index contributed by atoms with van der Waals surface area (Å²) in [6.07, 6.45) is 0.322. The van der Waals surface area contributed by atoms with Crippen LogP contribution in [0.4, 0.5) is 0 Å². The van der Waals surface area contributed by atoms with Gasteiger partial charge in [-0.1, -0.05) is 50.6 Å². The molecular weight excluding hydrogens is 270 g/mol. The van der Waals surface area contributed by atoms with Gasteiger partial charge in [0.05, 0.1) is 27.9 Å². The molecule has 2 N–H and O–H groups in total. The van der Waals surface area contributed by atoms with Gasteiger partial charge in [0.2, 0.25) is 0 Å². The van der Waals surface area contributed by atoms with Gasteiger partial charge in [-0.2, -0.15) is 0 Å². The van der Waals surface area contributed by atoms with Gasteiger partial charge in [-0.25, -0.2) is 8.93 Å². The van der Waals surface area contributed by atoms with E-state index in [2.05, 4.69) is 11.6 Å². The van der Waals surface area contributed by atoms with Crippen molar-refractivity contribution in [1.29, 1.82) is 0 Å². The maximum Gasteiger partial charge on any atom is 0.0976 e. The van der Waals surface area contributed by atoms with E-state index >= 15 is 0 Å². The monoisotopic (exact) mass is 297 g/mol. The van der Waals surface area contributed by atoms with E-state index in [0.717, 1.165) is 12.0 Å². The molecule has 0 aromatic heterocycles. The van der Waals surface area contributed by atoms with Crippen LogP contribution in [0.2, 0.25) is 0 Å². The van der Waals surface area contributed by atoms with Crippen molar-refractivity contribution in [2.24, 2.45) is 5.92 Å². The van der Waals surface area contributed by atoms with Crippen LogP contribution in [0.3, 0.4) is 0 Å². The molecule has 0 radical (unpaired) electrons. The lowest BCUT2D eigenvalue weighted by atomic mass is 9.92. The number of hydrogen-bond donors (Lipinski definition) is 2. The topological polar surface area (TPSA) is 49.3 Å². The second kappa shape index (κ2) is 7.34. The van der Waals surface area contributed by atoms with Gasteiger partial charge in [0.1, 0.15) is 0 Å². The molecule has 1 aromatic rings. The van der Waals surface area contributed by atoms with Gasteiger partial charge in [-0.3, -0.25) is 0 Å². The lowest BCUT2D eigenvalue weighted by molar-refractivity contribution is 0.0825. The standard InChI is InChI=1S/C16H27NO2S/c1-6-12(2)15(18)14(13-10-8-7-9-11-13)17-20(19)16(3,4)5/h7-12,14-15,17-18H,6H2,1-5H3/t12?,14-,15+,20?/m0/s1. The Labute approximate surface area is 125 Å². The smallest absolute Gasteiger partial charge is 0.0976 e. The predicted octanol–water partition coefficient (Wildman–Crippen LogP) is 3.19. The lowest BCUT2D eigenvalue weighted by Crippen LogP contribution is -2.42. The Morgan fingerprint density at radius 2 is 1.80 bits per heavy atom. The summed E-state index contributed by atoms with van der Waals surface area (Å²) in [5.41, 5.74) is 0.970. The van der Waals surface area contributed by atoms with Gasteiger partial charge in [0, 0.05) is 0 Å². The van der Waals surface area contributed by atoms with Gasteiger partial charge in [-0.15, -0.1) is 0 Å². The van der Waals surface area contributed by atoms with Crippen LogP contribution in [-0.4, -0.2) is 20.2 Å². The Kier molecular flexibility index (Phi) is 6.37. The lowest BCUT2D eigenvalue weighted by Gasteiger charge is -2.30. The molecule has 0 heterocycles. The molecule has 0 bridgehead atoms. The van der Waals surface area contributed by atoms with Crippen LogP contribution < -0.4 is 4.72 Å². The second-order valence-corrected chi connectivity index (χ2v) is 8.26. The molecule has 0 aliphatic carbocycles. The molecule has 0 amide bonds. The van der Waals surface area contributed by atoms with Gasteiger partial charge < -0.3 is 5.11 Å². The van der Waals surface area contributed by atoms with E-state index in [-0.39, 0.29) is 16.7 Å². The van der Waals surface area contributed by atoms with Gasteiger partial charge in [0.15, 0.2) is 0 Å². The summed E-state index contributed by atoms with van der Waals surface area (Å²) >= 11 is 0. The maximum absolute atomic E-state index is 12.4. The summed E-state index contributed by atoms with van der Waals surface area (Å²) in [6, 6.07) is 9.43. The average molecular weight is 297 g/mol. The highest BCUT2D eigenvalue weighted by Gasteiger charge is 2.30. The minimum absolute atomic E-state index is 0.143. The molecule has 0 spiro atoms. The quantitative estimate of drug-likeness (QED) is 0.847. The minimum atomic E-state index is -1.22. The van der Waals surface area contributed by atoms with Crippen molar-refractivity contribution >= 4 is 11.0 Å². The fourth-order valence-electron chi connectivity index (χ4n) is 1.86. The van der Waals surface area contributed by atoms with E-state index in [0.29, 0.717) is 0 Å². The molecule has 20 heavy (non-hydrogen) atoms. The fourth-order valence-corrected chi connectivity index (χ4v) is 2.72. The highest BCUT2D eigenvalue weighted by atomic mass is 32.2. The molecule has 3 nitrogen and oxygen atoms in total. The van der Waals surface area contributed by atoms with Crippen molar-refractivity contribution in [2.75, 3.05) is 0 Å². The molecule has 114 valence electrons. The molecule has 4 atom stereocenters. The highest BCUT2D eigenvalue weighted by Crippen LogP contribution is 2.25. The van der Waals surface area contributed by atoms with E-state index in [1.807, 2.05) is 58.0 Å². The van der Waals surface area contributed by atoms with Crippen LogP contribution >= 0.6 is 0 Å². The molecular formula is C16H27NO2S. The Morgan fingerprint density at radius 3 is 2.25 bits per heavy atom. The van der Waals surface area contributed by atoms with Crippen molar-refractivity contribution in [2.45, 2.75) is 57.9 Å². The summed E-state index contributed by atoms with van der Waals surface area (Å²) in [7, 11) is -1.22. The average Bonchev–Trinajstić information content (AvgIpc) is 2.42. The molecule has 0 aliphatic heterocycles. The maximum atomic E-state index is 12.4. The first-order valence-electron chi connectivity index (χ1n) is 7.18. The number of rotatable bonds is 6. The Balaban J connectivity index is 3.00. The van der Waals surface area contributed by atoms with E-state index in [1.54, 1.807) is 0 Å². The van der Waals surface area contributed by atoms with Crippen molar-refractivity contribution in [3.63, 3.8) is 0 Å². The molecule has 0 saturated carbocycles. The van der Waals surface area contributed by atoms with E-state index in [4.69, 9.17) is 0 Å². The largest absolute Gasteiger partial charge is 0.391 e. The number of hydrogen-bond acceptors (Lipinski definition) is 2. The van der Waals surface area contributed by atoms with Crippen LogP contribution in [0, 0.1) is 5.92 Å². The van der Waals surface area contributed by atoms with Crippen molar-refractivity contribution < 1.29 is 9.32 Å². The second-order valence-electron chi connectivity index (χ2n) is 6.26. The Morgan fingerprint density at radius 1 is 1.25 bits per heavy atom. The van der Waals surface area contributed by atoms with Crippen LogP contribution in [-0.2, 0) is 11.0 Å². The molecule has 1 aromatic carbocycles. The van der Waals surface area contributed by atoms with E-state index in [1.165, 1.54) is 0 Å². The number of aliphatic hydroxyl groups is 1. The zero-order chi connectivity index (χ0) is 15.3. The van der Waals surface area contributed by atoms with Crippen molar-refractivity contribution in [3.8, 4) is 0 Å². The van der Waals surface area contributed by atoms with Gasteiger partial charge in [-0.05, 0) is 32.3 Å². The first-order chi connectivity index (χ1) is 9.27. The summed E-state index contributed by atoms with van der Waals surface area (Å²) < 4.78 is 15.1. The third kappa shape index (κ3) is 4.69. The van der Waals surface area contributed by atoms with Crippen LogP contribution in [0.15, 0.2) is 30.3 Å². The molecule has 0 saturated heterocycles. The number of benzene rings is 1. The highest BCUT2D eigenvalue weighted by molar-refractivity contribution is 7.84. The van der Waals surface area contributed by atoms with E-state index < -0.39 is 17.1 Å². The minimum Gasteiger partial charge on any atom is -0.391 e. The molecule has 0 fully saturated rings. The van der Waals surface area contributed by atoms with Crippen LogP contribution in [0.25, 0.3) is 0 Å². The first-order valence-corrected chi connectivity index (χ1v) is 8.33. The fraction of sp³-hybridized carbons (Fsp3) is 0.625. The molecule has 1 rings (SSSR count). The summed E-state index contributed by atoms with van der Waals surface area (Å²) in [4.78, 5) is 0. The van der Waals surface area contributed by atoms with Crippen molar-refractivity contribution in [1.82, 2.24) is 4.72 Å². The van der Waals surface area contributed by atoms with Gasteiger partial charge in [0.25, 0.3) is 0 Å². The normalized spacial score (nSPS) is 18.3. The Hall–Kier alpha value is -0.710. The molecule has 0 aliphatic rings. The zero-order valence-electron chi connectivity index (χ0n) is 13.1. The van der Waals surface area contributed by atoms with Crippen LogP contribution in [0.1, 0.15) is 52.6 Å². The molecule has 2 unspecified atom stereocenters. The first kappa shape index (κ1) is 17.3. The summed E-state index contributed by atoms with van der Waals surface area (Å²) in [6.45, 7) is 9.84. The third-order valence-corrected chi connectivity index (χ3v) is 5.10. The zero-order valence-corrected chi connectivity index (χ0v) is 13.9. The number of nitrogens with one attached hydrogen (secondary N) is 1. The molecule has 4 heteroatoms. The summed E-state index contributed by atoms with van der Waals surface area (Å²) in [5, 5.41) is 10.5. The third-order valence-electron chi connectivity index (χ3n) is 3.52.